The number of hydrogen-bond acceptors (Lipinski definition) is 3. The van der Waals surface area contributed by atoms with Crippen LogP contribution in [0.15, 0.2) is 11.6 Å². The Kier molecular flexibility index (Phi) is 10.6. The van der Waals surface area contributed by atoms with Gasteiger partial charge in [-0.15, -0.1) is 0 Å². The van der Waals surface area contributed by atoms with E-state index in [1.165, 1.54) is 0 Å². The third-order valence-electron chi connectivity index (χ3n) is 3.99. The van der Waals surface area contributed by atoms with Gasteiger partial charge in [-0.25, -0.2) is 4.79 Å². The van der Waals surface area contributed by atoms with Crippen molar-refractivity contribution in [3.8, 4) is 0 Å². The van der Waals surface area contributed by atoms with Gasteiger partial charge in [-0.05, 0) is 31.6 Å². The molecule has 0 rings (SSSR count). The van der Waals surface area contributed by atoms with E-state index in [1.807, 2.05) is 34.6 Å². The summed E-state index contributed by atoms with van der Waals surface area (Å²) in [4.78, 5) is 24.7. The number of allylic oxidation sites excluding steroid dienone is 1. The Morgan fingerprint density at radius 2 is 1.74 bits per heavy atom. The van der Waals surface area contributed by atoms with Gasteiger partial charge in [-0.1, -0.05) is 60.0 Å². The van der Waals surface area contributed by atoms with E-state index < -0.39 is 11.4 Å². The number of esters is 1. The molecule has 23 heavy (non-hydrogen) atoms. The highest BCUT2D eigenvalue weighted by Gasteiger charge is 2.46. The molecule has 0 aliphatic heterocycles. The summed E-state index contributed by atoms with van der Waals surface area (Å²) < 4.78 is 5.48. The molecule has 1 atom stereocenters. The second kappa shape index (κ2) is 11.3. The second-order valence-electron chi connectivity index (χ2n) is 6.60. The fraction of sp³-hybridized carbons (Fsp3) is 0.789. The number of carboxylic acids is 1. The standard InChI is InChI=1S/C19H34O4/c1-6-9-12-19(14-15(4)5,16(11-8-3)17(20)21)18(22)23-13-10-7-2/h11,15H,6-10,12-14H2,1-5H3,(H,20,21). The second-order valence-corrected chi connectivity index (χ2v) is 6.60. The number of ether oxygens (including phenoxy) is 1. The molecule has 1 N–H and O–H groups in total. The van der Waals surface area contributed by atoms with Crippen molar-refractivity contribution in [1.29, 1.82) is 0 Å². The maximum Gasteiger partial charge on any atom is 0.332 e. The minimum atomic E-state index is -1.03. The van der Waals surface area contributed by atoms with Gasteiger partial charge in [-0.2, -0.15) is 0 Å². The molecule has 0 saturated carbocycles. The van der Waals surface area contributed by atoms with Crippen LogP contribution >= 0.6 is 0 Å². The molecule has 1 unspecified atom stereocenters. The van der Waals surface area contributed by atoms with Gasteiger partial charge in [0.2, 0.25) is 0 Å². The molecule has 0 saturated heterocycles. The first kappa shape index (κ1) is 21.7. The molecule has 0 amide bonds. The van der Waals surface area contributed by atoms with E-state index in [4.69, 9.17) is 4.74 Å². The van der Waals surface area contributed by atoms with Crippen LogP contribution in [0.5, 0.6) is 0 Å². The van der Waals surface area contributed by atoms with E-state index in [9.17, 15) is 14.7 Å². The lowest BCUT2D eigenvalue weighted by Gasteiger charge is -2.34. The maximum atomic E-state index is 12.9. The summed E-state index contributed by atoms with van der Waals surface area (Å²) in [5.41, 5.74) is -0.816. The number of carbonyl (C=O) groups is 2. The number of aliphatic carboxylic acids is 1. The van der Waals surface area contributed by atoms with Crippen LogP contribution in [-0.4, -0.2) is 23.7 Å². The lowest BCUT2D eigenvalue weighted by atomic mass is 9.70. The van der Waals surface area contributed by atoms with Gasteiger partial charge < -0.3 is 9.84 Å². The van der Waals surface area contributed by atoms with Crippen molar-refractivity contribution in [2.75, 3.05) is 6.61 Å². The molecule has 4 heteroatoms. The Morgan fingerprint density at radius 3 is 2.17 bits per heavy atom. The monoisotopic (exact) mass is 326 g/mol. The highest BCUT2D eigenvalue weighted by atomic mass is 16.5. The predicted octanol–water partition coefficient (Wildman–Crippen LogP) is 4.97. The lowest BCUT2D eigenvalue weighted by molar-refractivity contribution is -0.157. The zero-order chi connectivity index (χ0) is 17.9. The molecule has 0 aliphatic carbocycles. The van der Waals surface area contributed by atoms with Gasteiger partial charge in [-0.3, -0.25) is 4.79 Å². The third kappa shape index (κ3) is 6.76. The van der Waals surface area contributed by atoms with E-state index in [2.05, 4.69) is 0 Å². The molecule has 4 nitrogen and oxygen atoms in total. The summed E-state index contributed by atoms with van der Waals surface area (Å²) >= 11 is 0. The summed E-state index contributed by atoms with van der Waals surface area (Å²) in [5.74, 6) is -1.16. The van der Waals surface area contributed by atoms with Gasteiger partial charge in [0.1, 0.15) is 0 Å². The predicted molar refractivity (Wildman–Crippen MR) is 93.3 cm³/mol. The quantitative estimate of drug-likeness (QED) is 0.312. The van der Waals surface area contributed by atoms with E-state index in [0.29, 0.717) is 25.9 Å². The molecule has 0 aliphatic rings. The first-order chi connectivity index (χ1) is 10.9. The molecule has 0 bridgehead atoms. The summed E-state index contributed by atoms with van der Waals surface area (Å²) in [5, 5.41) is 9.70. The zero-order valence-electron chi connectivity index (χ0n) is 15.5. The Morgan fingerprint density at radius 1 is 1.13 bits per heavy atom. The van der Waals surface area contributed by atoms with E-state index in [1.54, 1.807) is 6.08 Å². The number of hydrogen-bond donors (Lipinski definition) is 1. The molecule has 0 radical (unpaired) electrons. The normalized spacial score (nSPS) is 14.6. The molecule has 0 heterocycles. The van der Waals surface area contributed by atoms with Crippen LogP contribution in [0.3, 0.4) is 0 Å². The van der Waals surface area contributed by atoms with E-state index in [-0.39, 0.29) is 17.5 Å². The van der Waals surface area contributed by atoms with Crippen LogP contribution in [0.4, 0.5) is 0 Å². The minimum Gasteiger partial charge on any atom is -0.478 e. The van der Waals surface area contributed by atoms with Gasteiger partial charge >= 0.3 is 11.9 Å². The van der Waals surface area contributed by atoms with Crippen LogP contribution in [-0.2, 0) is 14.3 Å². The fourth-order valence-electron chi connectivity index (χ4n) is 2.96. The topological polar surface area (TPSA) is 63.6 Å². The van der Waals surface area contributed by atoms with Crippen molar-refractivity contribution in [1.82, 2.24) is 0 Å². The van der Waals surface area contributed by atoms with Crippen LogP contribution in [0.2, 0.25) is 0 Å². The highest BCUT2D eigenvalue weighted by molar-refractivity contribution is 5.97. The molecule has 0 aromatic heterocycles. The Bertz CT molecular complexity index is 398. The first-order valence-corrected chi connectivity index (χ1v) is 8.96. The SMILES string of the molecule is CCC=C(C(=O)O)C(CCCC)(CC(C)C)C(=O)OCCCC. The summed E-state index contributed by atoms with van der Waals surface area (Å²) in [6.07, 6.45) is 6.79. The molecule has 134 valence electrons. The Balaban J connectivity index is 5.77. The molecular formula is C19H34O4. The van der Waals surface area contributed by atoms with Crippen molar-refractivity contribution in [3.05, 3.63) is 11.6 Å². The van der Waals surface area contributed by atoms with Gasteiger partial charge in [0.15, 0.2) is 0 Å². The summed E-state index contributed by atoms with van der Waals surface area (Å²) in [6, 6.07) is 0. The van der Waals surface area contributed by atoms with Gasteiger partial charge in [0.25, 0.3) is 0 Å². The molecule has 0 aromatic carbocycles. The van der Waals surface area contributed by atoms with Crippen LogP contribution in [0.1, 0.15) is 79.6 Å². The third-order valence-corrected chi connectivity index (χ3v) is 3.99. The summed E-state index contributed by atoms with van der Waals surface area (Å²) in [7, 11) is 0. The summed E-state index contributed by atoms with van der Waals surface area (Å²) in [6.45, 7) is 10.4. The van der Waals surface area contributed by atoms with Crippen LogP contribution < -0.4 is 0 Å². The molecule has 0 spiro atoms. The molecule has 0 aromatic rings. The zero-order valence-corrected chi connectivity index (χ0v) is 15.5. The van der Waals surface area contributed by atoms with Crippen molar-refractivity contribution < 1.29 is 19.4 Å². The average molecular weight is 326 g/mol. The average Bonchev–Trinajstić information content (AvgIpc) is 2.48. The van der Waals surface area contributed by atoms with E-state index >= 15 is 0 Å². The number of carboxylic acid groups (broad SMARTS) is 1. The maximum absolute atomic E-state index is 12.9. The Hall–Kier alpha value is -1.32. The number of rotatable bonds is 12. The van der Waals surface area contributed by atoms with Gasteiger partial charge in [0, 0.05) is 0 Å². The van der Waals surface area contributed by atoms with Crippen molar-refractivity contribution >= 4 is 11.9 Å². The van der Waals surface area contributed by atoms with E-state index in [0.717, 1.165) is 25.7 Å². The Labute approximate surface area is 141 Å². The largest absolute Gasteiger partial charge is 0.478 e. The highest BCUT2D eigenvalue weighted by Crippen LogP contribution is 2.41. The molecular weight excluding hydrogens is 292 g/mol. The van der Waals surface area contributed by atoms with Crippen molar-refractivity contribution in [2.45, 2.75) is 79.6 Å². The number of carbonyl (C=O) groups excluding carboxylic acids is 1. The smallest absolute Gasteiger partial charge is 0.332 e. The fourth-order valence-corrected chi connectivity index (χ4v) is 2.96. The first-order valence-electron chi connectivity index (χ1n) is 8.96. The molecule has 0 fully saturated rings. The van der Waals surface area contributed by atoms with Crippen LogP contribution in [0, 0.1) is 11.3 Å². The van der Waals surface area contributed by atoms with Crippen molar-refractivity contribution in [3.63, 3.8) is 0 Å². The minimum absolute atomic E-state index is 0.212. The van der Waals surface area contributed by atoms with Crippen LogP contribution in [0.25, 0.3) is 0 Å². The number of unbranched alkanes of at least 4 members (excludes halogenated alkanes) is 2. The van der Waals surface area contributed by atoms with Crippen molar-refractivity contribution in [2.24, 2.45) is 11.3 Å². The van der Waals surface area contributed by atoms with Gasteiger partial charge in [0.05, 0.1) is 17.6 Å². The lowest BCUT2D eigenvalue weighted by Crippen LogP contribution is -2.39.